The molecule has 2 heterocycles. The van der Waals surface area contributed by atoms with Crippen LogP contribution in [0.5, 0.6) is 0 Å². The predicted molar refractivity (Wildman–Crippen MR) is 61.7 cm³/mol. The third kappa shape index (κ3) is 1.77. The molecule has 6 nitrogen and oxygen atoms in total. The van der Waals surface area contributed by atoms with Crippen molar-refractivity contribution in [2.75, 3.05) is 27.3 Å². The number of hydrogen-bond acceptors (Lipinski definition) is 4. The van der Waals surface area contributed by atoms with Crippen molar-refractivity contribution in [2.45, 2.75) is 18.6 Å². The largest absolute Gasteiger partial charge is 0.327 e. The lowest BCUT2D eigenvalue weighted by Crippen LogP contribution is -2.65. The standard InChI is InChI=1S/C11H16N4O2/c1-4-5-6-15-10(16)8-9(12-7-13(8)2)14(3)11(15)17/h1,8-9,12H,5-7H2,2-3H3. The first kappa shape index (κ1) is 11.9. The SMILES string of the molecule is C#CCCN1C(=O)C2C(NCN2C)N(C)C1=O. The molecule has 2 aliphatic heterocycles. The highest BCUT2D eigenvalue weighted by atomic mass is 16.2. The monoisotopic (exact) mass is 236 g/mol. The molecule has 0 aliphatic carbocycles. The fourth-order valence-corrected chi connectivity index (χ4v) is 2.31. The van der Waals surface area contributed by atoms with Gasteiger partial charge in [-0.25, -0.2) is 4.79 Å². The zero-order valence-corrected chi connectivity index (χ0v) is 10.0. The van der Waals surface area contributed by atoms with Crippen molar-refractivity contribution in [3.63, 3.8) is 0 Å². The van der Waals surface area contributed by atoms with Crippen molar-refractivity contribution in [2.24, 2.45) is 0 Å². The summed E-state index contributed by atoms with van der Waals surface area (Å²) >= 11 is 0. The lowest BCUT2D eigenvalue weighted by atomic mass is 10.1. The molecule has 0 radical (unpaired) electrons. The summed E-state index contributed by atoms with van der Waals surface area (Å²) < 4.78 is 0. The second-order valence-corrected chi connectivity index (χ2v) is 4.35. The van der Waals surface area contributed by atoms with E-state index in [1.54, 1.807) is 11.9 Å². The van der Waals surface area contributed by atoms with E-state index in [0.717, 1.165) is 0 Å². The van der Waals surface area contributed by atoms with Gasteiger partial charge in [0.05, 0.1) is 6.67 Å². The number of terminal acetylenes is 1. The quantitative estimate of drug-likeness (QED) is 0.631. The Hall–Kier alpha value is -1.58. The van der Waals surface area contributed by atoms with E-state index in [0.29, 0.717) is 13.1 Å². The third-order valence-electron chi connectivity index (χ3n) is 3.27. The number of urea groups is 1. The summed E-state index contributed by atoms with van der Waals surface area (Å²) in [5, 5.41) is 3.14. The van der Waals surface area contributed by atoms with E-state index in [1.807, 2.05) is 11.9 Å². The highest BCUT2D eigenvalue weighted by molar-refractivity contribution is 6.00. The number of imide groups is 1. The summed E-state index contributed by atoms with van der Waals surface area (Å²) in [5.41, 5.74) is 0. The van der Waals surface area contributed by atoms with Gasteiger partial charge in [-0.1, -0.05) is 0 Å². The molecule has 2 saturated heterocycles. The minimum Gasteiger partial charge on any atom is -0.310 e. The van der Waals surface area contributed by atoms with Crippen LogP contribution in [0.2, 0.25) is 0 Å². The predicted octanol–water partition coefficient (Wildman–Crippen LogP) is -0.909. The molecule has 0 aromatic carbocycles. The molecule has 17 heavy (non-hydrogen) atoms. The minimum atomic E-state index is -0.310. The minimum absolute atomic E-state index is 0.166. The fourth-order valence-electron chi connectivity index (χ4n) is 2.31. The Balaban J connectivity index is 2.22. The summed E-state index contributed by atoms with van der Waals surface area (Å²) in [5.74, 6) is 2.28. The Labute approximate surface area is 101 Å². The molecule has 0 saturated carbocycles. The first-order valence-electron chi connectivity index (χ1n) is 5.53. The van der Waals surface area contributed by atoms with Gasteiger partial charge in [0.25, 0.3) is 5.91 Å². The van der Waals surface area contributed by atoms with Crippen molar-refractivity contribution in [1.82, 2.24) is 20.0 Å². The van der Waals surface area contributed by atoms with Crippen molar-refractivity contribution < 1.29 is 9.59 Å². The smallest absolute Gasteiger partial charge is 0.310 e. The highest BCUT2D eigenvalue weighted by Gasteiger charge is 2.49. The molecule has 2 atom stereocenters. The maximum Gasteiger partial charge on any atom is 0.327 e. The molecule has 2 aliphatic rings. The molecule has 92 valence electrons. The fraction of sp³-hybridized carbons (Fsp3) is 0.636. The van der Waals surface area contributed by atoms with Crippen molar-refractivity contribution in [3.05, 3.63) is 0 Å². The molecule has 1 N–H and O–H groups in total. The Kier molecular flexibility index (Phi) is 3.05. The van der Waals surface area contributed by atoms with E-state index in [4.69, 9.17) is 6.42 Å². The number of nitrogens with zero attached hydrogens (tertiary/aromatic N) is 3. The lowest BCUT2D eigenvalue weighted by Gasteiger charge is -2.40. The van der Waals surface area contributed by atoms with E-state index < -0.39 is 0 Å². The number of rotatable bonds is 2. The van der Waals surface area contributed by atoms with Crippen LogP contribution in [0.25, 0.3) is 0 Å². The van der Waals surface area contributed by atoms with Crippen LogP contribution in [0.3, 0.4) is 0 Å². The number of likely N-dealkylation sites (N-methyl/N-ethyl adjacent to an activating group) is 2. The van der Waals surface area contributed by atoms with Crippen LogP contribution in [0.15, 0.2) is 0 Å². The van der Waals surface area contributed by atoms with E-state index in [9.17, 15) is 9.59 Å². The van der Waals surface area contributed by atoms with Crippen LogP contribution in [-0.2, 0) is 4.79 Å². The number of nitrogens with one attached hydrogen (secondary N) is 1. The number of hydrogen-bond donors (Lipinski definition) is 1. The Morgan fingerprint density at radius 2 is 2.18 bits per heavy atom. The highest BCUT2D eigenvalue weighted by Crippen LogP contribution is 2.22. The van der Waals surface area contributed by atoms with Crippen LogP contribution < -0.4 is 5.32 Å². The number of carbonyl (C=O) groups excluding carboxylic acids is 2. The average molecular weight is 236 g/mol. The van der Waals surface area contributed by atoms with Gasteiger partial charge in [-0.2, -0.15) is 0 Å². The molecule has 0 spiro atoms. The Morgan fingerprint density at radius 1 is 1.47 bits per heavy atom. The molecule has 0 aromatic heterocycles. The molecular formula is C11H16N4O2. The van der Waals surface area contributed by atoms with Crippen LogP contribution in [0, 0.1) is 12.3 Å². The first-order valence-corrected chi connectivity index (χ1v) is 5.53. The molecule has 3 amide bonds. The second-order valence-electron chi connectivity index (χ2n) is 4.35. The number of amides is 3. The Bertz CT molecular complexity index is 389. The zero-order chi connectivity index (χ0) is 12.6. The summed E-state index contributed by atoms with van der Waals surface area (Å²) in [6.45, 7) is 0.886. The molecular weight excluding hydrogens is 220 g/mol. The topological polar surface area (TPSA) is 55.9 Å². The molecule has 0 bridgehead atoms. The van der Waals surface area contributed by atoms with Crippen molar-refractivity contribution >= 4 is 11.9 Å². The van der Waals surface area contributed by atoms with Gasteiger partial charge in [0.15, 0.2) is 0 Å². The van der Waals surface area contributed by atoms with Crippen LogP contribution in [0.1, 0.15) is 6.42 Å². The molecule has 2 fully saturated rings. The van der Waals surface area contributed by atoms with Gasteiger partial charge in [-0.3, -0.25) is 19.9 Å². The maximum absolute atomic E-state index is 12.2. The molecule has 2 unspecified atom stereocenters. The van der Waals surface area contributed by atoms with Gasteiger partial charge in [0.1, 0.15) is 12.2 Å². The normalized spacial score (nSPS) is 29.5. The van der Waals surface area contributed by atoms with Gasteiger partial charge < -0.3 is 4.90 Å². The lowest BCUT2D eigenvalue weighted by molar-refractivity contribution is -0.137. The van der Waals surface area contributed by atoms with E-state index in [1.165, 1.54) is 4.90 Å². The van der Waals surface area contributed by atoms with Gasteiger partial charge in [0, 0.05) is 20.0 Å². The van der Waals surface area contributed by atoms with Crippen LogP contribution in [0.4, 0.5) is 4.79 Å². The van der Waals surface area contributed by atoms with Crippen molar-refractivity contribution in [1.29, 1.82) is 0 Å². The Morgan fingerprint density at radius 3 is 2.82 bits per heavy atom. The molecule has 2 rings (SSSR count). The average Bonchev–Trinajstić information content (AvgIpc) is 2.69. The maximum atomic E-state index is 12.2. The summed E-state index contributed by atoms with van der Waals surface area (Å²) in [7, 11) is 3.56. The number of fused-ring (bicyclic) bond motifs is 1. The summed E-state index contributed by atoms with van der Waals surface area (Å²) in [6, 6.07) is -0.593. The summed E-state index contributed by atoms with van der Waals surface area (Å²) in [4.78, 5) is 28.9. The number of carbonyl (C=O) groups is 2. The van der Waals surface area contributed by atoms with E-state index >= 15 is 0 Å². The van der Waals surface area contributed by atoms with Gasteiger partial charge >= 0.3 is 6.03 Å². The van der Waals surface area contributed by atoms with Crippen LogP contribution >= 0.6 is 0 Å². The van der Waals surface area contributed by atoms with Crippen molar-refractivity contribution in [3.8, 4) is 12.3 Å². The third-order valence-corrected chi connectivity index (χ3v) is 3.27. The van der Waals surface area contributed by atoms with Gasteiger partial charge in [-0.05, 0) is 7.05 Å². The second kappa shape index (κ2) is 4.35. The summed E-state index contributed by atoms with van der Waals surface area (Å²) in [6.07, 6.45) is 5.32. The van der Waals surface area contributed by atoms with E-state index in [-0.39, 0.29) is 30.7 Å². The van der Waals surface area contributed by atoms with Gasteiger partial charge in [0.2, 0.25) is 0 Å². The van der Waals surface area contributed by atoms with E-state index in [2.05, 4.69) is 11.2 Å². The first-order chi connectivity index (χ1) is 8.07. The van der Waals surface area contributed by atoms with Gasteiger partial charge in [-0.15, -0.1) is 12.3 Å². The zero-order valence-electron chi connectivity index (χ0n) is 10.0. The molecule has 0 aromatic rings. The van der Waals surface area contributed by atoms with Crippen LogP contribution in [-0.4, -0.2) is 66.2 Å². The molecule has 6 heteroatoms.